The van der Waals surface area contributed by atoms with Crippen LogP contribution in [0.25, 0.3) is 0 Å². The Morgan fingerprint density at radius 3 is 2.53 bits per heavy atom. The van der Waals surface area contributed by atoms with E-state index in [2.05, 4.69) is 9.98 Å². The summed E-state index contributed by atoms with van der Waals surface area (Å²) in [5.74, 6) is 0.0105. The Morgan fingerprint density at radius 1 is 1.35 bits per heavy atom. The molecule has 0 radical (unpaired) electrons. The quantitative estimate of drug-likeness (QED) is 0.552. The molecule has 17 heavy (non-hydrogen) atoms. The van der Waals surface area contributed by atoms with Gasteiger partial charge in [-0.1, -0.05) is 32.9 Å². The maximum atomic E-state index is 10.6. The number of isocyanates is 2. The molecule has 1 rings (SSSR count). The van der Waals surface area contributed by atoms with Gasteiger partial charge in [0.25, 0.3) is 0 Å². The van der Waals surface area contributed by atoms with Gasteiger partial charge in [0.15, 0.2) is 0 Å². The molecule has 0 heterocycles. The van der Waals surface area contributed by atoms with Crippen LogP contribution in [0.5, 0.6) is 0 Å². The van der Waals surface area contributed by atoms with E-state index in [1.807, 2.05) is 32.9 Å². The summed E-state index contributed by atoms with van der Waals surface area (Å²) in [6.07, 6.45) is 8.44. The lowest BCUT2D eigenvalue weighted by Gasteiger charge is -2.35. The second-order valence-electron chi connectivity index (χ2n) is 4.06. The summed E-state index contributed by atoms with van der Waals surface area (Å²) in [7, 11) is 0. The third-order valence-corrected chi connectivity index (χ3v) is 3.38. The fourth-order valence-electron chi connectivity index (χ4n) is 2.30. The number of hydrogen-bond acceptors (Lipinski definition) is 4. The zero-order valence-corrected chi connectivity index (χ0v) is 10.4. The Bertz CT molecular complexity index is 452. The second-order valence-corrected chi connectivity index (χ2v) is 4.06. The van der Waals surface area contributed by atoms with E-state index in [0.717, 1.165) is 12.0 Å². The van der Waals surface area contributed by atoms with Crippen LogP contribution in [0.4, 0.5) is 0 Å². The molecular formula is C13H16N2O2. The van der Waals surface area contributed by atoms with Crippen LogP contribution < -0.4 is 0 Å². The molecule has 2 atom stereocenters. The largest absolute Gasteiger partial charge is 0.240 e. The van der Waals surface area contributed by atoms with E-state index in [-0.39, 0.29) is 5.92 Å². The third kappa shape index (κ3) is 2.19. The predicted octanol–water partition coefficient (Wildman–Crippen LogP) is 2.68. The van der Waals surface area contributed by atoms with Crippen molar-refractivity contribution in [3.05, 3.63) is 23.4 Å². The van der Waals surface area contributed by atoms with Crippen LogP contribution in [0.3, 0.4) is 0 Å². The van der Waals surface area contributed by atoms with Gasteiger partial charge in [-0.05, 0) is 18.4 Å². The molecule has 2 unspecified atom stereocenters. The molecule has 0 spiro atoms. The van der Waals surface area contributed by atoms with E-state index in [4.69, 9.17) is 0 Å². The van der Waals surface area contributed by atoms with Gasteiger partial charge in [-0.3, -0.25) is 0 Å². The summed E-state index contributed by atoms with van der Waals surface area (Å²) < 4.78 is 0. The molecular weight excluding hydrogens is 216 g/mol. The van der Waals surface area contributed by atoms with E-state index in [9.17, 15) is 9.59 Å². The first-order chi connectivity index (χ1) is 8.16. The topological polar surface area (TPSA) is 58.9 Å². The van der Waals surface area contributed by atoms with Crippen LogP contribution in [-0.2, 0) is 9.59 Å². The van der Waals surface area contributed by atoms with Crippen molar-refractivity contribution in [3.8, 4) is 0 Å². The van der Waals surface area contributed by atoms with Crippen molar-refractivity contribution in [2.75, 3.05) is 0 Å². The molecule has 1 aliphatic carbocycles. The summed E-state index contributed by atoms with van der Waals surface area (Å²) >= 11 is 0. The van der Waals surface area contributed by atoms with Crippen LogP contribution >= 0.6 is 0 Å². The van der Waals surface area contributed by atoms with Gasteiger partial charge in [-0.2, -0.15) is 9.98 Å². The van der Waals surface area contributed by atoms with Gasteiger partial charge >= 0.3 is 0 Å². The minimum absolute atomic E-state index is 0.0105. The monoisotopic (exact) mass is 232 g/mol. The Kier molecular flexibility index (Phi) is 4.33. The highest BCUT2D eigenvalue weighted by molar-refractivity contribution is 5.49. The molecule has 0 amide bonds. The molecule has 1 aliphatic rings. The number of rotatable bonds is 4. The van der Waals surface area contributed by atoms with E-state index in [0.29, 0.717) is 12.1 Å². The molecule has 0 aliphatic heterocycles. The van der Waals surface area contributed by atoms with Gasteiger partial charge in [0.05, 0.1) is 5.70 Å². The Morgan fingerprint density at radius 2 is 2.06 bits per heavy atom. The van der Waals surface area contributed by atoms with Crippen molar-refractivity contribution in [2.45, 2.75) is 39.2 Å². The Hall–Kier alpha value is -1.76. The van der Waals surface area contributed by atoms with Crippen LogP contribution in [0.15, 0.2) is 33.4 Å². The highest BCUT2D eigenvalue weighted by Gasteiger charge is 2.41. The Labute approximate surface area is 101 Å². The minimum atomic E-state index is -0.765. The first kappa shape index (κ1) is 13.3. The standard InChI is InChI=1S/C13H16N2O2/c1-4-11-7-6-10(3)13(5-2,15-9-17)12(11)14-8-16/h6-7,10H,4-5H2,1-3H3. The van der Waals surface area contributed by atoms with Crippen LogP contribution in [-0.4, -0.2) is 17.7 Å². The lowest BCUT2D eigenvalue weighted by atomic mass is 9.75. The summed E-state index contributed by atoms with van der Waals surface area (Å²) in [4.78, 5) is 28.9. The SMILES string of the molecule is CCC1=C(N=C=O)C(CC)(N=C=O)C(C)C=C1. The van der Waals surface area contributed by atoms with E-state index in [1.54, 1.807) is 12.2 Å². The van der Waals surface area contributed by atoms with Crippen molar-refractivity contribution < 1.29 is 9.59 Å². The fraction of sp³-hybridized carbons (Fsp3) is 0.538. The summed E-state index contributed by atoms with van der Waals surface area (Å²) in [6.45, 7) is 5.85. The molecule has 4 nitrogen and oxygen atoms in total. The molecule has 4 heteroatoms. The molecule has 0 aromatic carbocycles. The molecule has 0 aromatic rings. The molecule has 0 N–H and O–H groups in total. The number of hydrogen-bond donors (Lipinski definition) is 0. The molecule has 0 saturated heterocycles. The number of carbonyl (C=O) groups excluding carboxylic acids is 2. The average molecular weight is 232 g/mol. The normalized spacial score (nSPS) is 27.4. The van der Waals surface area contributed by atoms with Crippen LogP contribution in [0, 0.1) is 5.92 Å². The molecule has 0 fully saturated rings. The first-order valence-corrected chi connectivity index (χ1v) is 5.75. The zero-order chi connectivity index (χ0) is 12.9. The third-order valence-electron chi connectivity index (χ3n) is 3.38. The van der Waals surface area contributed by atoms with Crippen molar-refractivity contribution >= 4 is 12.2 Å². The zero-order valence-electron chi connectivity index (χ0n) is 10.4. The smallest absolute Gasteiger partial charge is 0.211 e. The first-order valence-electron chi connectivity index (χ1n) is 5.75. The lowest BCUT2D eigenvalue weighted by molar-refractivity contribution is 0.372. The predicted molar refractivity (Wildman–Crippen MR) is 64.9 cm³/mol. The molecule has 90 valence electrons. The second kappa shape index (κ2) is 5.53. The van der Waals surface area contributed by atoms with Gasteiger partial charge in [-0.15, -0.1) is 0 Å². The van der Waals surface area contributed by atoms with Crippen LogP contribution in [0.2, 0.25) is 0 Å². The van der Waals surface area contributed by atoms with Gasteiger partial charge < -0.3 is 0 Å². The van der Waals surface area contributed by atoms with Crippen molar-refractivity contribution in [1.82, 2.24) is 0 Å². The maximum absolute atomic E-state index is 10.6. The van der Waals surface area contributed by atoms with Gasteiger partial charge in [0.2, 0.25) is 12.2 Å². The van der Waals surface area contributed by atoms with Crippen molar-refractivity contribution in [2.24, 2.45) is 15.9 Å². The highest BCUT2D eigenvalue weighted by atomic mass is 16.1. The highest BCUT2D eigenvalue weighted by Crippen LogP contribution is 2.41. The van der Waals surface area contributed by atoms with E-state index < -0.39 is 5.54 Å². The number of aliphatic imine (C=N–C) groups is 2. The summed E-state index contributed by atoms with van der Waals surface area (Å²) in [5, 5.41) is 0. The molecule has 0 aromatic heterocycles. The van der Waals surface area contributed by atoms with E-state index >= 15 is 0 Å². The van der Waals surface area contributed by atoms with E-state index in [1.165, 1.54) is 0 Å². The Balaban J connectivity index is 3.51. The van der Waals surface area contributed by atoms with Gasteiger partial charge in [0, 0.05) is 5.92 Å². The number of nitrogens with zero attached hydrogens (tertiary/aromatic N) is 2. The van der Waals surface area contributed by atoms with Crippen LogP contribution in [0.1, 0.15) is 33.6 Å². The summed E-state index contributed by atoms with van der Waals surface area (Å²) in [5.41, 5.74) is 0.711. The average Bonchev–Trinajstić information content (AvgIpc) is 2.34. The molecule has 0 saturated carbocycles. The van der Waals surface area contributed by atoms with Crippen molar-refractivity contribution in [1.29, 1.82) is 0 Å². The lowest BCUT2D eigenvalue weighted by Crippen LogP contribution is -2.37. The van der Waals surface area contributed by atoms with Gasteiger partial charge in [0.1, 0.15) is 5.54 Å². The minimum Gasteiger partial charge on any atom is -0.211 e. The number of allylic oxidation sites excluding steroid dienone is 2. The summed E-state index contributed by atoms with van der Waals surface area (Å²) in [6, 6.07) is 0. The molecule has 0 bridgehead atoms. The van der Waals surface area contributed by atoms with Gasteiger partial charge in [-0.25, -0.2) is 9.59 Å². The van der Waals surface area contributed by atoms with Crippen molar-refractivity contribution in [3.63, 3.8) is 0 Å². The fourth-order valence-corrected chi connectivity index (χ4v) is 2.30. The maximum Gasteiger partial charge on any atom is 0.240 e.